The van der Waals surface area contributed by atoms with Crippen LogP contribution in [0, 0.1) is 0 Å². The minimum atomic E-state index is -4.05. The number of aliphatic hydroxyl groups excluding tert-OH is 1. The first kappa shape index (κ1) is 32.5. The monoisotopic (exact) mass is 675 g/mol. The molecule has 4 heterocycles. The summed E-state index contributed by atoms with van der Waals surface area (Å²) in [6.45, 7) is 2.02. The van der Waals surface area contributed by atoms with Crippen LogP contribution in [0.5, 0.6) is 0 Å². The standard InChI is InChI=1S/C35H41N5O7S/c41-23-31(42)37-12-14-38(15-13-37)35(44)27-20-25-8-4-5-9-28(25)33-32(24-6-2-1-3-7-24)29-11-10-26(21-30(29)40(33)22-27)34(43)36-48(45,46)39-16-18-47-19-17-39/h4-5,8-11,20-21,24,41H,1-3,6-7,12-19,22-23H2,(H,36,43). The molecule has 3 aromatic rings. The van der Waals surface area contributed by atoms with E-state index in [2.05, 4.69) is 15.4 Å². The number of benzene rings is 2. The Morgan fingerprint density at radius 2 is 1.60 bits per heavy atom. The van der Waals surface area contributed by atoms with Crippen molar-refractivity contribution < 1.29 is 32.6 Å². The van der Waals surface area contributed by atoms with Gasteiger partial charge < -0.3 is 24.2 Å². The Bertz CT molecular complexity index is 1880. The number of amides is 3. The molecule has 0 radical (unpaired) electrons. The lowest BCUT2D eigenvalue weighted by Crippen LogP contribution is -2.51. The van der Waals surface area contributed by atoms with Crippen molar-refractivity contribution in [3.05, 3.63) is 64.7 Å². The van der Waals surface area contributed by atoms with Gasteiger partial charge in [-0.05, 0) is 48.1 Å². The topological polar surface area (TPSA) is 141 Å². The number of hydrogen-bond donors (Lipinski definition) is 2. The summed E-state index contributed by atoms with van der Waals surface area (Å²) in [5, 5.41) is 10.3. The smallest absolute Gasteiger partial charge is 0.304 e. The van der Waals surface area contributed by atoms with E-state index in [1.165, 1.54) is 16.3 Å². The van der Waals surface area contributed by atoms with E-state index >= 15 is 0 Å². The van der Waals surface area contributed by atoms with Gasteiger partial charge in [0.1, 0.15) is 6.61 Å². The average molecular weight is 676 g/mol. The molecule has 12 nitrogen and oxygen atoms in total. The first-order valence-corrected chi connectivity index (χ1v) is 18.2. The van der Waals surface area contributed by atoms with Crippen molar-refractivity contribution in [1.29, 1.82) is 0 Å². The molecule has 0 bridgehead atoms. The number of hydrogen-bond acceptors (Lipinski definition) is 7. The Hall–Kier alpha value is -4.04. The molecule has 2 aromatic carbocycles. The van der Waals surface area contributed by atoms with Gasteiger partial charge in [0.05, 0.1) is 25.5 Å². The molecule has 3 amide bonds. The van der Waals surface area contributed by atoms with Gasteiger partial charge in [-0.15, -0.1) is 0 Å². The Balaban J connectivity index is 1.30. The van der Waals surface area contributed by atoms with Crippen molar-refractivity contribution in [2.75, 3.05) is 59.1 Å². The normalized spacial score (nSPS) is 19.3. The maximum absolute atomic E-state index is 14.1. The lowest BCUT2D eigenvalue weighted by molar-refractivity contribution is -0.139. The van der Waals surface area contributed by atoms with E-state index in [9.17, 15) is 27.9 Å². The Morgan fingerprint density at radius 1 is 0.896 bits per heavy atom. The fourth-order valence-electron chi connectivity index (χ4n) is 7.64. The fraction of sp³-hybridized carbons (Fsp3) is 0.457. The molecule has 3 aliphatic heterocycles. The molecular weight excluding hydrogens is 634 g/mol. The quantitative estimate of drug-likeness (QED) is 0.410. The van der Waals surface area contributed by atoms with Gasteiger partial charge in [0, 0.05) is 66.9 Å². The zero-order chi connectivity index (χ0) is 33.4. The number of carbonyl (C=O) groups excluding carboxylic acids is 3. The fourth-order valence-corrected chi connectivity index (χ4v) is 8.75. The maximum atomic E-state index is 14.1. The minimum absolute atomic E-state index is 0.125. The molecule has 4 aliphatic rings. The van der Waals surface area contributed by atoms with Gasteiger partial charge in [0.25, 0.3) is 11.8 Å². The van der Waals surface area contributed by atoms with Crippen LogP contribution in [0.1, 0.15) is 59.5 Å². The van der Waals surface area contributed by atoms with Crippen molar-refractivity contribution >= 4 is 44.9 Å². The average Bonchev–Trinajstić information content (AvgIpc) is 3.33. The van der Waals surface area contributed by atoms with Gasteiger partial charge in [-0.2, -0.15) is 12.7 Å². The van der Waals surface area contributed by atoms with Crippen LogP contribution in [-0.2, 0) is 31.1 Å². The van der Waals surface area contributed by atoms with Gasteiger partial charge in [0.15, 0.2) is 0 Å². The summed E-state index contributed by atoms with van der Waals surface area (Å²) in [6.07, 6.45) is 7.50. The molecule has 0 spiro atoms. The number of nitrogens with one attached hydrogen (secondary N) is 1. The highest BCUT2D eigenvalue weighted by Gasteiger charge is 2.33. The van der Waals surface area contributed by atoms with E-state index in [0.717, 1.165) is 53.4 Å². The number of carbonyl (C=O) groups is 3. The number of ether oxygens (including phenoxy) is 1. The van der Waals surface area contributed by atoms with Gasteiger partial charge >= 0.3 is 10.2 Å². The molecule has 1 aromatic heterocycles. The lowest BCUT2D eigenvalue weighted by atomic mass is 9.81. The Kier molecular flexibility index (Phi) is 9.12. The highest BCUT2D eigenvalue weighted by molar-refractivity contribution is 7.87. The minimum Gasteiger partial charge on any atom is -0.387 e. The third-order valence-corrected chi connectivity index (χ3v) is 11.6. The summed E-state index contributed by atoms with van der Waals surface area (Å²) < 4.78 is 37.0. The van der Waals surface area contributed by atoms with Crippen LogP contribution < -0.4 is 4.72 Å². The van der Waals surface area contributed by atoms with Crippen molar-refractivity contribution in [2.45, 2.75) is 44.6 Å². The summed E-state index contributed by atoms with van der Waals surface area (Å²) in [5.41, 5.74) is 5.76. The Morgan fingerprint density at radius 3 is 2.33 bits per heavy atom. The third-order valence-electron chi connectivity index (χ3n) is 10.1. The number of aromatic nitrogens is 1. The molecule has 254 valence electrons. The van der Waals surface area contributed by atoms with Gasteiger partial charge in [0.2, 0.25) is 5.91 Å². The van der Waals surface area contributed by atoms with Crippen LogP contribution in [0.3, 0.4) is 0 Å². The number of piperazine rings is 1. The van der Waals surface area contributed by atoms with Crippen molar-refractivity contribution in [2.24, 2.45) is 0 Å². The molecule has 13 heteroatoms. The number of rotatable bonds is 6. The second-order valence-corrected chi connectivity index (χ2v) is 14.6. The van der Waals surface area contributed by atoms with Gasteiger partial charge in [-0.1, -0.05) is 49.6 Å². The highest BCUT2D eigenvalue weighted by atomic mass is 32.2. The van der Waals surface area contributed by atoms with Crippen LogP contribution >= 0.6 is 0 Å². The molecule has 7 rings (SSSR count). The van der Waals surface area contributed by atoms with Crippen LogP contribution in [-0.4, -0.2) is 109 Å². The van der Waals surface area contributed by atoms with Crippen LogP contribution in [0.15, 0.2) is 48.0 Å². The van der Waals surface area contributed by atoms with Crippen LogP contribution in [0.4, 0.5) is 0 Å². The molecule has 0 unspecified atom stereocenters. The number of morpholine rings is 1. The van der Waals surface area contributed by atoms with Gasteiger partial charge in [-0.3, -0.25) is 14.4 Å². The number of aliphatic hydroxyl groups is 1. The van der Waals surface area contributed by atoms with E-state index in [4.69, 9.17) is 4.74 Å². The zero-order valence-corrected chi connectivity index (χ0v) is 27.7. The van der Waals surface area contributed by atoms with E-state index in [1.54, 1.807) is 21.9 Å². The van der Waals surface area contributed by atoms with Gasteiger partial charge in [-0.25, -0.2) is 4.72 Å². The zero-order valence-electron chi connectivity index (χ0n) is 26.9. The molecule has 1 aliphatic carbocycles. The Labute approximate surface area is 280 Å². The molecule has 0 atom stereocenters. The molecule has 48 heavy (non-hydrogen) atoms. The van der Waals surface area contributed by atoms with Crippen molar-refractivity contribution in [1.82, 2.24) is 23.4 Å². The maximum Gasteiger partial charge on any atom is 0.304 e. The first-order valence-electron chi connectivity index (χ1n) is 16.8. The molecule has 2 N–H and O–H groups in total. The van der Waals surface area contributed by atoms with Crippen LogP contribution in [0.25, 0.3) is 28.2 Å². The predicted octanol–water partition coefficient (Wildman–Crippen LogP) is 2.72. The molecule has 1 saturated carbocycles. The van der Waals surface area contributed by atoms with Crippen molar-refractivity contribution in [3.8, 4) is 11.3 Å². The highest BCUT2D eigenvalue weighted by Crippen LogP contribution is 2.46. The summed E-state index contributed by atoms with van der Waals surface area (Å²) in [6, 6.07) is 13.4. The third kappa shape index (κ3) is 6.15. The lowest BCUT2D eigenvalue weighted by Gasteiger charge is -2.35. The largest absolute Gasteiger partial charge is 0.387 e. The summed E-state index contributed by atoms with van der Waals surface area (Å²) in [4.78, 5) is 43.0. The summed E-state index contributed by atoms with van der Waals surface area (Å²) in [7, 11) is -4.05. The molecule has 2 saturated heterocycles. The summed E-state index contributed by atoms with van der Waals surface area (Å²) >= 11 is 0. The SMILES string of the molecule is O=C(NS(=O)(=O)N1CCOCC1)c1ccc2c(C3CCCCC3)c3n(c2c1)CC(C(=O)N1CCN(C(=O)CO)CC1)=Cc1ccccc1-3. The number of fused-ring (bicyclic) bond motifs is 5. The molecule has 3 fully saturated rings. The second-order valence-electron chi connectivity index (χ2n) is 13.0. The van der Waals surface area contributed by atoms with E-state index in [-0.39, 0.29) is 50.2 Å². The van der Waals surface area contributed by atoms with E-state index < -0.39 is 22.7 Å². The predicted molar refractivity (Wildman–Crippen MR) is 180 cm³/mol. The van der Waals surface area contributed by atoms with E-state index in [0.29, 0.717) is 37.7 Å². The second kappa shape index (κ2) is 13.5. The van der Waals surface area contributed by atoms with Crippen molar-refractivity contribution in [3.63, 3.8) is 0 Å². The van der Waals surface area contributed by atoms with E-state index in [1.807, 2.05) is 30.3 Å². The summed E-state index contributed by atoms with van der Waals surface area (Å²) in [5.74, 6) is -0.878. The first-order chi connectivity index (χ1) is 23.2. The molecular formula is C35H41N5O7S. The van der Waals surface area contributed by atoms with Crippen LogP contribution in [0.2, 0.25) is 0 Å². The number of nitrogens with zero attached hydrogens (tertiary/aromatic N) is 4.